The number of fused-ring (bicyclic) bond motifs is 1. The van der Waals surface area contributed by atoms with E-state index in [4.69, 9.17) is 0 Å². The number of para-hydroxylation sites is 2. The zero-order chi connectivity index (χ0) is 18.3. The van der Waals surface area contributed by atoms with Crippen LogP contribution in [0.25, 0.3) is 22.3 Å². The van der Waals surface area contributed by atoms with Crippen molar-refractivity contribution in [1.82, 2.24) is 35.3 Å². The predicted octanol–water partition coefficient (Wildman–Crippen LogP) is 2.23. The van der Waals surface area contributed by atoms with Crippen molar-refractivity contribution in [1.29, 1.82) is 0 Å². The lowest BCUT2D eigenvalue weighted by molar-refractivity contribution is 0.0945. The summed E-state index contributed by atoms with van der Waals surface area (Å²) in [5.41, 5.74) is 5.76. The van der Waals surface area contributed by atoms with Gasteiger partial charge in [0.25, 0.3) is 5.91 Å². The molecule has 0 fully saturated rings. The molecule has 3 N–H and O–H groups in total. The number of nitrogens with one attached hydrogen (secondary N) is 3. The third-order valence-electron chi connectivity index (χ3n) is 4.44. The summed E-state index contributed by atoms with van der Waals surface area (Å²) in [5.74, 6) is 0.474. The largest absolute Gasteiger partial charge is 0.343 e. The first-order valence-electron chi connectivity index (χ1n) is 8.30. The summed E-state index contributed by atoms with van der Waals surface area (Å²) in [6.07, 6.45) is 0. The van der Waals surface area contributed by atoms with Gasteiger partial charge in [0, 0.05) is 18.3 Å². The number of benzene rings is 1. The molecule has 0 saturated heterocycles. The second-order valence-electron chi connectivity index (χ2n) is 6.22. The molecule has 8 heteroatoms. The van der Waals surface area contributed by atoms with Gasteiger partial charge in [-0.25, -0.2) is 4.98 Å². The van der Waals surface area contributed by atoms with Gasteiger partial charge in [-0.05, 0) is 32.0 Å². The molecule has 3 heterocycles. The van der Waals surface area contributed by atoms with Crippen LogP contribution in [0.3, 0.4) is 0 Å². The Balaban J connectivity index is 1.49. The third-order valence-corrected chi connectivity index (χ3v) is 4.44. The first-order valence-corrected chi connectivity index (χ1v) is 8.30. The number of nitrogens with zero attached hydrogens (tertiary/aromatic N) is 4. The predicted molar refractivity (Wildman–Crippen MR) is 97.5 cm³/mol. The lowest BCUT2D eigenvalue weighted by atomic mass is 10.1. The molecule has 0 unspecified atom stereocenters. The van der Waals surface area contributed by atoms with Crippen LogP contribution in [0, 0.1) is 13.8 Å². The summed E-state index contributed by atoms with van der Waals surface area (Å²) in [6, 6.07) is 9.49. The Morgan fingerprint density at radius 2 is 2.08 bits per heavy atom. The summed E-state index contributed by atoms with van der Waals surface area (Å²) in [7, 11) is 1.89. The molecule has 4 rings (SSSR count). The molecule has 0 aliphatic carbocycles. The van der Waals surface area contributed by atoms with Crippen LogP contribution in [0.5, 0.6) is 0 Å². The Morgan fingerprint density at radius 1 is 1.27 bits per heavy atom. The number of aromatic amines is 2. The van der Waals surface area contributed by atoms with Crippen molar-refractivity contribution in [2.75, 3.05) is 0 Å². The molecule has 0 bridgehead atoms. The van der Waals surface area contributed by atoms with Crippen molar-refractivity contribution >= 4 is 16.9 Å². The van der Waals surface area contributed by atoms with E-state index in [1.807, 2.05) is 45.2 Å². The van der Waals surface area contributed by atoms with E-state index in [2.05, 4.69) is 30.6 Å². The number of H-pyrrole nitrogens is 2. The van der Waals surface area contributed by atoms with Crippen LogP contribution in [-0.4, -0.2) is 35.9 Å². The van der Waals surface area contributed by atoms with E-state index in [-0.39, 0.29) is 5.91 Å². The Bertz CT molecular complexity index is 1070. The van der Waals surface area contributed by atoms with Crippen LogP contribution in [0.1, 0.15) is 27.7 Å². The van der Waals surface area contributed by atoms with Gasteiger partial charge in [-0.3, -0.25) is 14.6 Å². The molecule has 1 amide bonds. The number of amides is 1. The van der Waals surface area contributed by atoms with Gasteiger partial charge >= 0.3 is 0 Å². The summed E-state index contributed by atoms with van der Waals surface area (Å²) in [4.78, 5) is 20.0. The van der Waals surface area contributed by atoms with Gasteiger partial charge in [0.05, 0.1) is 29.0 Å². The monoisotopic (exact) mass is 349 g/mol. The highest BCUT2D eigenvalue weighted by Crippen LogP contribution is 2.25. The molecule has 0 radical (unpaired) electrons. The third kappa shape index (κ3) is 2.75. The highest BCUT2D eigenvalue weighted by molar-refractivity contribution is 5.93. The Kier molecular flexibility index (Phi) is 3.80. The van der Waals surface area contributed by atoms with E-state index in [9.17, 15) is 4.79 Å². The van der Waals surface area contributed by atoms with Gasteiger partial charge in [-0.2, -0.15) is 10.2 Å². The highest BCUT2D eigenvalue weighted by atomic mass is 16.1. The first kappa shape index (κ1) is 16.1. The van der Waals surface area contributed by atoms with Crippen LogP contribution in [0.2, 0.25) is 0 Å². The smallest absolute Gasteiger partial charge is 0.269 e. The maximum atomic E-state index is 12.4. The minimum absolute atomic E-state index is 0.233. The number of imidazole rings is 1. The van der Waals surface area contributed by atoms with Crippen molar-refractivity contribution in [3.05, 3.63) is 53.2 Å². The molecule has 0 spiro atoms. The normalized spacial score (nSPS) is 11.2. The molecule has 0 aliphatic rings. The maximum absolute atomic E-state index is 12.4. The second-order valence-corrected chi connectivity index (χ2v) is 6.22. The molecule has 3 aromatic heterocycles. The molecule has 0 aliphatic heterocycles. The fourth-order valence-electron chi connectivity index (χ4n) is 3.06. The molecule has 0 atom stereocenters. The molecule has 4 aromatic rings. The topological polar surface area (TPSA) is 104 Å². The highest BCUT2D eigenvalue weighted by Gasteiger charge is 2.17. The zero-order valence-corrected chi connectivity index (χ0v) is 14.8. The van der Waals surface area contributed by atoms with E-state index < -0.39 is 0 Å². The van der Waals surface area contributed by atoms with Gasteiger partial charge in [0.15, 0.2) is 0 Å². The van der Waals surface area contributed by atoms with E-state index in [0.717, 1.165) is 28.0 Å². The second kappa shape index (κ2) is 6.14. The van der Waals surface area contributed by atoms with Crippen LogP contribution < -0.4 is 5.32 Å². The molecule has 132 valence electrons. The average molecular weight is 349 g/mol. The van der Waals surface area contributed by atoms with Crippen molar-refractivity contribution in [3.8, 4) is 11.3 Å². The molecule has 1 aromatic carbocycles. The molecular weight excluding hydrogens is 330 g/mol. The van der Waals surface area contributed by atoms with E-state index in [0.29, 0.717) is 23.8 Å². The standard InChI is InChI=1S/C18H19N7O/c1-10-17(11(2)25(3)24-10)14-8-15(23-22-14)18(26)19-9-16-20-12-6-4-5-7-13(12)21-16/h4-8H,9H2,1-3H3,(H,19,26)(H,20,21)(H,22,23). The van der Waals surface area contributed by atoms with E-state index in [1.54, 1.807) is 10.7 Å². The fourth-order valence-corrected chi connectivity index (χ4v) is 3.06. The van der Waals surface area contributed by atoms with Gasteiger partial charge < -0.3 is 10.3 Å². The number of hydrogen-bond donors (Lipinski definition) is 3. The number of carbonyl (C=O) groups excluding carboxylic acids is 1. The average Bonchev–Trinajstić information content (AvgIpc) is 3.31. The lowest BCUT2D eigenvalue weighted by Crippen LogP contribution is -2.23. The minimum Gasteiger partial charge on any atom is -0.343 e. The van der Waals surface area contributed by atoms with Crippen LogP contribution >= 0.6 is 0 Å². The Morgan fingerprint density at radius 3 is 2.81 bits per heavy atom. The maximum Gasteiger partial charge on any atom is 0.269 e. The van der Waals surface area contributed by atoms with Crippen LogP contribution in [0.15, 0.2) is 30.3 Å². The van der Waals surface area contributed by atoms with Crippen LogP contribution in [0.4, 0.5) is 0 Å². The van der Waals surface area contributed by atoms with E-state index >= 15 is 0 Å². The number of hydrogen-bond acceptors (Lipinski definition) is 4. The first-order chi connectivity index (χ1) is 12.5. The van der Waals surface area contributed by atoms with Gasteiger partial charge in [-0.15, -0.1) is 0 Å². The molecule has 26 heavy (non-hydrogen) atoms. The lowest BCUT2D eigenvalue weighted by Gasteiger charge is -2.00. The number of rotatable bonds is 4. The fraction of sp³-hybridized carbons (Fsp3) is 0.222. The zero-order valence-electron chi connectivity index (χ0n) is 14.8. The minimum atomic E-state index is -0.233. The summed E-state index contributed by atoms with van der Waals surface area (Å²) >= 11 is 0. The Hall–Kier alpha value is -3.42. The van der Waals surface area contributed by atoms with Crippen molar-refractivity contribution in [2.45, 2.75) is 20.4 Å². The van der Waals surface area contributed by atoms with Gasteiger partial charge in [0.2, 0.25) is 0 Å². The van der Waals surface area contributed by atoms with Gasteiger partial charge in [0.1, 0.15) is 11.5 Å². The summed E-state index contributed by atoms with van der Waals surface area (Å²) in [5, 5.41) is 14.3. The summed E-state index contributed by atoms with van der Waals surface area (Å²) < 4.78 is 1.81. The van der Waals surface area contributed by atoms with Crippen LogP contribution in [-0.2, 0) is 13.6 Å². The molecule has 8 nitrogen and oxygen atoms in total. The SMILES string of the molecule is Cc1nn(C)c(C)c1-c1cc(C(=O)NCc2nc3ccccc3[nH]2)[nH]n1. The number of carbonyl (C=O) groups is 1. The molecule has 0 saturated carbocycles. The number of aromatic nitrogens is 6. The van der Waals surface area contributed by atoms with Crippen molar-refractivity contribution in [2.24, 2.45) is 7.05 Å². The van der Waals surface area contributed by atoms with E-state index in [1.165, 1.54) is 0 Å². The summed E-state index contributed by atoms with van der Waals surface area (Å²) in [6.45, 7) is 4.22. The quantitative estimate of drug-likeness (QED) is 0.525. The van der Waals surface area contributed by atoms with Gasteiger partial charge in [-0.1, -0.05) is 12.1 Å². The Labute approximate surface area is 149 Å². The number of aryl methyl sites for hydroxylation is 2. The molecular formula is C18H19N7O. The van der Waals surface area contributed by atoms with Crippen molar-refractivity contribution < 1.29 is 4.79 Å². The van der Waals surface area contributed by atoms with Crippen molar-refractivity contribution in [3.63, 3.8) is 0 Å².